The van der Waals surface area contributed by atoms with Crippen molar-refractivity contribution >= 4 is 33.2 Å². The number of non-ortho nitro benzene ring substituents is 1. The quantitative estimate of drug-likeness (QED) is 0.663. The first kappa shape index (κ1) is 14.2. The van der Waals surface area contributed by atoms with Crippen LogP contribution in [0.1, 0.15) is 21.7 Å². The molecule has 0 saturated carbocycles. The van der Waals surface area contributed by atoms with E-state index in [0.29, 0.717) is 15.9 Å². The summed E-state index contributed by atoms with van der Waals surface area (Å²) >= 11 is 3.21. The molecule has 0 saturated heterocycles. The summed E-state index contributed by atoms with van der Waals surface area (Å²) in [5, 5.41) is 20.2. The monoisotopic (exact) mass is 338 g/mol. The van der Waals surface area contributed by atoms with Crippen LogP contribution < -0.4 is 5.32 Å². The minimum Gasteiger partial charge on any atom is -0.319 e. The summed E-state index contributed by atoms with van der Waals surface area (Å²) in [4.78, 5) is 22.4. The Balaban J connectivity index is 2.34. The molecule has 1 heterocycles. The number of carbonyl (C=O) groups excluding carboxylic acids is 1. The van der Waals surface area contributed by atoms with Gasteiger partial charge in [-0.1, -0.05) is 0 Å². The van der Waals surface area contributed by atoms with Crippen LogP contribution in [-0.2, 0) is 0 Å². The fourth-order valence-corrected chi connectivity index (χ4v) is 2.14. The van der Waals surface area contributed by atoms with E-state index >= 15 is 0 Å². The number of aromatic amines is 1. The Morgan fingerprint density at radius 2 is 2.15 bits per heavy atom. The van der Waals surface area contributed by atoms with Crippen molar-refractivity contribution in [3.63, 3.8) is 0 Å². The van der Waals surface area contributed by atoms with E-state index in [-0.39, 0.29) is 11.3 Å². The second-order valence-corrected chi connectivity index (χ2v) is 5.04. The van der Waals surface area contributed by atoms with Gasteiger partial charge in [-0.15, -0.1) is 0 Å². The van der Waals surface area contributed by atoms with E-state index in [1.807, 2.05) is 0 Å². The third-order valence-corrected chi connectivity index (χ3v) is 3.46. The molecule has 2 rings (SSSR count). The number of aryl methyl sites for hydroxylation is 2. The second-order valence-electron chi connectivity index (χ2n) is 4.18. The Bertz CT molecular complexity index is 677. The number of rotatable bonds is 3. The normalized spacial score (nSPS) is 10.3. The summed E-state index contributed by atoms with van der Waals surface area (Å²) in [5.41, 5.74) is 2.00. The van der Waals surface area contributed by atoms with Crippen molar-refractivity contribution < 1.29 is 9.72 Å². The van der Waals surface area contributed by atoms with Gasteiger partial charge in [0.25, 0.3) is 11.6 Å². The number of anilines is 1. The molecule has 2 N–H and O–H groups in total. The summed E-state index contributed by atoms with van der Waals surface area (Å²) in [6.07, 6.45) is 0. The Morgan fingerprint density at radius 1 is 1.45 bits per heavy atom. The highest BCUT2D eigenvalue weighted by Gasteiger charge is 2.17. The standard InChI is InChI=1S/C12H11BrN4O3/c1-6-11(7(2)16-15-6)14-12(18)9-5-8(17(19)20)3-4-10(9)13/h3-5H,1-2H3,(H,14,18)(H,15,16). The van der Waals surface area contributed by atoms with E-state index in [1.54, 1.807) is 13.8 Å². The van der Waals surface area contributed by atoms with Crippen molar-refractivity contribution in [2.24, 2.45) is 0 Å². The number of aromatic nitrogens is 2. The minimum absolute atomic E-state index is 0.140. The van der Waals surface area contributed by atoms with E-state index in [0.717, 1.165) is 5.69 Å². The fraction of sp³-hybridized carbons (Fsp3) is 0.167. The van der Waals surface area contributed by atoms with Gasteiger partial charge in [0.2, 0.25) is 0 Å². The number of amides is 1. The molecule has 1 amide bonds. The molecular formula is C12H11BrN4O3. The van der Waals surface area contributed by atoms with Crippen LogP contribution in [0.15, 0.2) is 22.7 Å². The zero-order valence-corrected chi connectivity index (χ0v) is 12.3. The van der Waals surface area contributed by atoms with E-state index in [1.165, 1.54) is 18.2 Å². The maximum absolute atomic E-state index is 12.2. The second kappa shape index (κ2) is 5.41. The number of H-pyrrole nitrogens is 1. The van der Waals surface area contributed by atoms with Gasteiger partial charge < -0.3 is 5.32 Å². The van der Waals surface area contributed by atoms with Crippen LogP contribution in [0.5, 0.6) is 0 Å². The largest absolute Gasteiger partial charge is 0.319 e. The molecule has 0 aliphatic carbocycles. The Morgan fingerprint density at radius 3 is 2.70 bits per heavy atom. The number of nitro groups is 1. The van der Waals surface area contributed by atoms with Crippen LogP contribution in [0.25, 0.3) is 0 Å². The van der Waals surface area contributed by atoms with Crippen LogP contribution in [0.4, 0.5) is 11.4 Å². The van der Waals surface area contributed by atoms with E-state index in [9.17, 15) is 14.9 Å². The van der Waals surface area contributed by atoms with Gasteiger partial charge in [-0.2, -0.15) is 5.10 Å². The van der Waals surface area contributed by atoms with E-state index < -0.39 is 10.8 Å². The molecule has 0 aliphatic heterocycles. The summed E-state index contributed by atoms with van der Waals surface area (Å²) in [6, 6.07) is 4.03. The average Bonchev–Trinajstić information content (AvgIpc) is 2.70. The highest BCUT2D eigenvalue weighted by molar-refractivity contribution is 9.10. The number of benzene rings is 1. The molecule has 7 nitrogen and oxygen atoms in total. The zero-order chi connectivity index (χ0) is 14.9. The van der Waals surface area contributed by atoms with Crippen LogP contribution >= 0.6 is 15.9 Å². The highest BCUT2D eigenvalue weighted by atomic mass is 79.9. The summed E-state index contributed by atoms with van der Waals surface area (Å²) < 4.78 is 0.486. The maximum Gasteiger partial charge on any atom is 0.270 e. The molecule has 1 aromatic carbocycles. The zero-order valence-electron chi connectivity index (χ0n) is 10.7. The van der Waals surface area contributed by atoms with Gasteiger partial charge in [0.05, 0.1) is 27.6 Å². The number of carbonyl (C=O) groups is 1. The van der Waals surface area contributed by atoms with Crippen molar-refractivity contribution in [3.8, 4) is 0 Å². The SMILES string of the molecule is Cc1n[nH]c(C)c1NC(=O)c1cc([N+](=O)[O-])ccc1Br. The first-order valence-corrected chi connectivity index (χ1v) is 6.46. The molecule has 1 aromatic heterocycles. The molecule has 0 atom stereocenters. The smallest absolute Gasteiger partial charge is 0.270 e. The predicted molar refractivity (Wildman–Crippen MR) is 76.8 cm³/mol. The Hall–Kier alpha value is -2.22. The number of hydrogen-bond acceptors (Lipinski definition) is 4. The van der Waals surface area contributed by atoms with Crippen molar-refractivity contribution in [1.82, 2.24) is 10.2 Å². The van der Waals surface area contributed by atoms with Gasteiger partial charge in [-0.25, -0.2) is 0 Å². The first-order chi connectivity index (χ1) is 9.40. The van der Waals surface area contributed by atoms with Gasteiger partial charge in [-0.3, -0.25) is 20.0 Å². The van der Waals surface area contributed by atoms with Crippen molar-refractivity contribution in [1.29, 1.82) is 0 Å². The molecule has 0 aliphatic rings. The average molecular weight is 339 g/mol. The molecule has 104 valence electrons. The molecule has 0 spiro atoms. The number of nitrogens with zero attached hydrogens (tertiary/aromatic N) is 2. The molecule has 0 unspecified atom stereocenters. The molecule has 8 heteroatoms. The number of hydrogen-bond donors (Lipinski definition) is 2. The fourth-order valence-electron chi connectivity index (χ4n) is 1.72. The highest BCUT2D eigenvalue weighted by Crippen LogP contribution is 2.24. The Labute approximate surface area is 122 Å². The Kier molecular flexibility index (Phi) is 3.84. The topological polar surface area (TPSA) is 101 Å². The molecule has 2 aromatic rings. The molecular weight excluding hydrogens is 328 g/mol. The van der Waals surface area contributed by atoms with E-state index in [4.69, 9.17) is 0 Å². The van der Waals surface area contributed by atoms with Gasteiger partial charge >= 0.3 is 0 Å². The van der Waals surface area contributed by atoms with Crippen LogP contribution in [0.3, 0.4) is 0 Å². The molecule has 0 fully saturated rings. The van der Waals surface area contributed by atoms with Gasteiger partial charge in [0, 0.05) is 16.6 Å². The summed E-state index contributed by atoms with van der Waals surface area (Å²) in [7, 11) is 0. The molecule has 0 bridgehead atoms. The predicted octanol–water partition coefficient (Wildman–Crippen LogP) is 2.95. The van der Waals surface area contributed by atoms with Gasteiger partial charge in [0.1, 0.15) is 0 Å². The van der Waals surface area contributed by atoms with Crippen molar-refractivity contribution in [2.75, 3.05) is 5.32 Å². The van der Waals surface area contributed by atoms with E-state index in [2.05, 4.69) is 31.4 Å². The molecule has 20 heavy (non-hydrogen) atoms. The molecule has 0 radical (unpaired) electrons. The number of nitro benzene ring substituents is 1. The van der Waals surface area contributed by atoms with Crippen molar-refractivity contribution in [3.05, 3.63) is 49.7 Å². The lowest BCUT2D eigenvalue weighted by atomic mass is 10.2. The summed E-state index contributed by atoms with van der Waals surface area (Å²) in [6.45, 7) is 3.53. The van der Waals surface area contributed by atoms with Gasteiger partial charge in [0.15, 0.2) is 0 Å². The summed E-state index contributed by atoms with van der Waals surface area (Å²) in [5.74, 6) is -0.437. The number of halogens is 1. The lowest BCUT2D eigenvalue weighted by Gasteiger charge is -2.07. The van der Waals surface area contributed by atoms with Crippen LogP contribution in [0, 0.1) is 24.0 Å². The van der Waals surface area contributed by atoms with Crippen LogP contribution in [0.2, 0.25) is 0 Å². The lowest BCUT2D eigenvalue weighted by molar-refractivity contribution is -0.384. The van der Waals surface area contributed by atoms with Gasteiger partial charge in [-0.05, 0) is 35.8 Å². The first-order valence-electron chi connectivity index (χ1n) is 5.67. The number of nitrogens with one attached hydrogen (secondary N) is 2. The van der Waals surface area contributed by atoms with Crippen molar-refractivity contribution in [2.45, 2.75) is 13.8 Å². The third-order valence-electron chi connectivity index (χ3n) is 2.77. The minimum atomic E-state index is -0.544. The van der Waals surface area contributed by atoms with Crippen LogP contribution in [-0.4, -0.2) is 21.0 Å². The third kappa shape index (κ3) is 2.69. The maximum atomic E-state index is 12.2. The lowest BCUT2D eigenvalue weighted by Crippen LogP contribution is -2.14.